The molecule has 0 aliphatic carbocycles. The van der Waals surface area contributed by atoms with E-state index in [0.29, 0.717) is 28.5 Å². The first kappa shape index (κ1) is 24.2. The van der Waals surface area contributed by atoms with Crippen molar-refractivity contribution in [3.8, 4) is 17.2 Å². The molecule has 1 aliphatic heterocycles. The van der Waals surface area contributed by atoms with Crippen LogP contribution in [-0.4, -0.2) is 47.6 Å². The zero-order chi connectivity index (χ0) is 25.1. The number of ether oxygens (including phenoxy) is 2. The van der Waals surface area contributed by atoms with Crippen molar-refractivity contribution in [2.45, 2.75) is 12.5 Å². The van der Waals surface area contributed by atoms with Gasteiger partial charge in [-0.3, -0.25) is 9.59 Å². The standard InChI is InChI=1S/C27H24ClNO6/c1-34-20-4-3-5-21(35-2)22(20)25(31)23-24(17-8-12-19(30)13-9-17)29(27(33)26(23)32)15-14-16-6-10-18(28)11-7-16/h3-13,24,30-31H,14-15H2,1-2H3/b25-23+. The molecule has 1 atom stereocenters. The van der Waals surface area contributed by atoms with Crippen molar-refractivity contribution in [1.29, 1.82) is 0 Å². The fourth-order valence-electron chi connectivity index (χ4n) is 4.23. The first-order valence-corrected chi connectivity index (χ1v) is 11.3. The van der Waals surface area contributed by atoms with E-state index in [9.17, 15) is 19.8 Å². The number of carbonyl (C=O) groups is 2. The lowest BCUT2D eigenvalue weighted by Crippen LogP contribution is -2.31. The number of nitrogens with zero attached hydrogens (tertiary/aromatic N) is 1. The molecule has 1 saturated heterocycles. The van der Waals surface area contributed by atoms with Gasteiger partial charge >= 0.3 is 0 Å². The van der Waals surface area contributed by atoms with Crippen molar-refractivity contribution in [1.82, 2.24) is 4.90 Å². The van der Waals surface area contributed by atoms with Gasteiger partial charge in [-0.15, -0.1) is 0 Å². The number of phenolic OH excluding ortho intramolecular Hbond substituents is 1. The van der Waals surface area contributed by atoms with Crippen LogP contribution in [0.2, 0.25) is 5.02 Å². The lowest BCUT2D eigenvalue weighted by atomic mass is 9.94. The van der Waals surface area contributed by atoms with Crippen LogP contribution in [0.5, 0.6) is 17.2 Å². The van der Waals surface area contributed by atoms with Crippen LogP contribution in [0.15, 0.2) is 72.3 Å². The van der Waals surface area contributed by atoms with Gasteiger partial charge in [-0.25, -0.2) is 0 Å². The predicted molar refractivity (Wildman–Crippen MR) is 132 cm³/mol. The molecule has 1 amide bonds. The second-order valence-electron chi connectivity index (χ2n) is 8.00. The van der Waals surface area contributed by atoms with Crippen molar-refractivity contribution in [2.75, 3.05) is 20.8 Å². The van der Waals surface area contributed by atoms with Crippen LogP contribution < -0.4 is 9.47 Å². The second kappa shape index (κ2) is 10.1. The molecule has 2 N–H and O–H groups in total. The van der Waals surface area contributed by atoms with E-state index in [2.05, 4.69) is 0 Å². The lowest BCUT2D eigenvalue weighted by Gasteiger charge is -2.25. The number of ketones is 1. The lowest BCUT2D eigenvalue weighted by molar-refractivity contribution is -0.139. The van der Waals surface area contributed by atoms with Crippen molar-refractivity contribution in [3.05, 3.63) is 94.0 Å². The molecule has 7 nitrogen and oxygen atoms in total. The molecule has 1 unspecified atom stereocenters. The van der Waals surface area contributed by atoms with Gasteiger partial charge in [0.15, 0.2) is 0 Å². The van der Waals surface area contributed by atoms with Gasteiger partial charge in [0.1, 0.15) is 28.6 Å². The summed E-state index contributed by atoms with van der Waals surface area (Å²) in [6.07, 6.45) is 0.469. The Labute approximate surface area is 207 Å². The summed E-state index contributed by atoms with van der Waals surface area (Å²) in [6, 6.07) is 17.5. The number of aromatic hydroxyl groups is 1. The minimum Gasteiger partial charge on any atom is -0.508 e. The largest absolute Gasteiger partial charge is 0.508 e. The van der Waals surface area contributed by atoms with Crippen LogP contribution in [0.25, 0.3) is 5.76 Å². The number of rotatable bonds is 7. The summed E-state index contributed by atoms with van der Waals surface area (Å²) in [6.45, 7) is 0.220. The third-order valence-electron chi connectivity index (χ3n) is 5.97. The second-order valence-corrected chi connectivity index (χ2v) is 8.43. The Hall–Kier alpha value is -3.97. The monoisotopic (exact) mass is 493 g/mol. The van der Waals surface area contributed by atoms with Gasteiger partial charge in [0.2, 0.25) is 0 Å². The number of hydrogen-bond acceptors (Lipinski definition) is 6. The molecule has 0 bridgehead atoms. The number of carbonyl (C=O) groups excluding carboxylic acids is 2. The van der Waals surface area contributed by atoms with E-state index in [1.165, 1.54) is 31.3 Å². The molecule has 3 aromatic carbocycles. The Bertz CT molecular complexity index is 1260. The molecule has 1 fully saturated rings. The zero-order valence-corrected chi connectivity index (χ0v) is 20.0. The molecule has 3 aromatic rings. The number of aliphatic hydroxyl groups is 1. The molecule has 1 aliphatic rings. The molecule has 0 radical (unpaired) electrons. The normalized spacial score (nSPS) is 17.0. The van der Waals surface area contributed by atoms with Gasteiger partial charge in [-0.2, -0.15) is 0 Å². The maximum Gasteiger partial charge on any atom is 0.295 e. The number of methoxy groups -OCH3 is 2. The highest BCUT2D eigenvalue weighted by Crippen LogP contribution is 2.43. The van der Waals surface area contributed by atoms with Crippen LogP contribution >= 0.6 is 11.6 Å². The van der Waals surface area contributed by atoms with Crippen molar-refractivity contribution in [3.63, 3.8) is 0 Å². The number of benzene rings is 3. The smallest absolute Gasteiger partial charge is 0.295 e. The van der Waals surface area contributed by atoms with Crippen LogP contribution in [-0.2, 0) is 16.0 Å². The summed E-state index contributed by atoms with van der Waals surface area (Å²) in [4.78, 5) is 27.9. The molecule has 0 saturated carbocycles. The molecular formula is C27H24ClNO6. The number of Topliss-reactive ketones (excluding diaryl/α,β-unsaturated/α-hetero) is 1. The molecule has 180 valence electrons. The summed E-state index contributed by atoms with van der Waals surface area (Å²) in [5.74, 6) is -1.32. The van der Waals surface area contributed by atoms with E-state index in [-0.39, 0.29) is 23.4 Å². The predicted octanol–water partition coefficient (Wildman–Crippen LogP) is 4.73. The van der Waals surface area contributed by atoms with E-state index in [1.54, 1.807) is 42.5 Å². The first-order valence-electron chi connectivity index (χ1n) is 10.9. The highest BCUT2D eigenvalue weighted by atomic mass is 35.5. The summed E-state index contributed by atoms with van der Waals surface area (Å²) in [7, 11) is 2.88. The summed E-state index contributed by atoms with van der Waals surface area (Å²) >= 11 is 5.97. The molecular weight excluding hydrogens is 470 g/mol. The quantitative estimate of drug-likeness (QED) is 0.281. The topological polar surface area (TPSA) is 96.3 Å². The molecule has 0 spiro atoms. The third kappa shape index (κ3) is 4.68. The molecule has 8 heteroatoms. The van der Waals surface area contributed by atoms with Gasteiger partial charge < -0.3 is 24.6 Å². The summed E-state index contributed by atoms with van der Waals surface area (Å²) in [5, 5.41) is 21.8. The van der Waals surface area contributed by atoms with Gasteiger partial charge in [-0.1, -0.05) is 41.9 Å². The molecule has 35 heavy (non-hydrogen) atoms. The highest BCUT2D eigenvalue weighted by Gasteiger charge is 2.46. The van der Waals surface area contributed by atoms with E-state index >= 15 is 0 Å². The van der Waals surface area contributed by atoms with E-state index in [4.69, 9.17) is 21.1 Å². The number of aliphatic hydroxyl groups excluding tert-OH is 1. The Balaban J connectivity index is 1.84. The highest BCUT2D eigenvalue weighted by molar-refractivity contribution is 6.46. The van der Waals surface area contributed by atoms with E-state index in [0.717, 1.165) is 5.56 Å². The van der Waals surface area contributed by atoms with Crippen LogP contribution in [0.4, 0.5) is 0 Å². The Morgan fingerprint density at radius 3 is 2.11 bits per heavy atom. The Kier molecular flexibility index (Phi) is 6.98. The Morgan fingerprint density at radius 1 is 0.943 bits per heavy atom. The van der Waals surface area contributed by atoms with Crippen molar-refractivity contribution in [2.24, 2.45) is 0 Å². The number of likely N-dealkylation sites (tertiary alicyclic amines) is 1. The average molecular weight is 494 g/mol. The van der Waals surface area contributed by atoms with Crippen molar-refractivity contribution < 1.29 is 29.3 Å². The van der Waals surface area contributed by atoms with Crippen LogP contribution in [0.3, 0.4) is 0 Å². The SMILES string of the molecule is COc1cccc(OC)c1/C(O)=C1\C(=O)C(=O)N(CCc2ccc(Cl)cc2)C1c1ccc(O)cc1. The number of hydrogen-bond donors (Lipinski definition) is 2. The summed E-state index contributed by atoms with van der Waals surface area (Å²) < 4.78 is 10.8. The van der Waals surface area contributed by atoms with E-state index < -0.39 is 23.5 Å². The van der Waals surface area contributed by atoms with Crippen LogP contribution in [0, 0.1) is 0 Å². The minimum absolute atomic E-state index is 0.0401. The maximum absolute atomic E-state index is 13.3. The van der Waals surface area contributed by atoms with Gasteiger partial charge in [0.25, 0.3) is 11.7 Å². The maximum atomic E-state index is 13.3. The number of phenols is 1. The molecule has 1 heterocycles. The fourth-order valence-corrected chi connectivity index (χ4v) is 4.36. The third-order valence-corrected chi connectivity index (χ3v) is 6.22. The number of amides is 1. The first-order chi connectivity index (χ1) is 16.8. The average Bonchev–Trinajstić information content (AvgIpc) is 3.12. The summed E-state index contributed by atoms with van der Waals surface area (Å²) in [5.41, 5.74) is 1.59. The molecule has 4 rings (SSSR count). The van der Waals surface area contributed by atoms with Gasteiger partial charge in [0.05, 0.1) is 25.8 Å². The van der Waals surface area contributed by atoms with Gasteiger partial charge in [-0.05, 0) is 53.9 Å². The van der Waals surface area contributed by atoms with E-state index in [1.807, 2.05) is 12.1 Å². The number of halogens is 1. The zero-order valence-electron chi connectivity index (χ0n) is 19.2. The van der Waals surface area contributed by atoms with Crippen LogP contribution in [0.1, 0.15) is 22.7 Å². The van der Waals surface area contributed by atoms with Gasteiger partial charge in [0, 0.05) is 11.6 Å². The molecule has 0 aromatic heterocycles. The minimum atomic E-state index is -0.877. The fraction of sp³-hybridized carbons (Fsp3) is 0.185. The Morgan fingerprint density at radius 2 is 1.54 bits per heavy atom. The van der Waals surface area contributed by atoms with Crippen molar-refractivity contribution >= 4 is 29.1 Å².